The molecule has 2 aromatic carbocycles. The first-order valence-corrected chi connectivity index (χ1v) is 6.49. The molecule has 0 aliphatic carbocycles. The van der Waals surface area contributed by atoms with E-state index in [1.165, 1.54) is 20.3 Å². The molecule has 0 fully saturated rings. The fourth-order valence-corrected chi connectivity index (χ4v) is 1.93. The summed E-state index contributed by atoms with van der Waals surface area (Å²) in [5.74, 6) is -0.655. The van der Waals surface area contributed by atoms with E-state index >= 15 is 0 Å². The Kier molecular flexibility index (Phi) is 4.93. The highest BCUT2D eigenvalue weighted by Gasteiger charge is 2.11. The van der Waals surface area contributed by atoms with Crippen molar-refractivity contribution in [3.05, 3.63) is 59.2 Å². The molecule has 0 aliphatic heterocycles. The number of ether oxygens (including phenoxy) is 2. The number of carbonyl (C=O) groups excluding carboxylic acids is 1. The second-order valence-electron chi connectivity index (χ2n) is 4.49. The van der Waals surface area contributed by atoms with E-state index in [1.54, 1.807) is 12.1 Å². The van der Waals surface area contributed by atoms with Crippen LogP contribution in [-0.2, 0) is 6.54 Å². The van der Waals surface area contributed by atoms with E-state index in [0.29, 0.717) is 17.1 Å². The van der Waals surface area contributed by atoms with Gasteiger partial charge in [0.15, 0.2) is 11.5 Å². The van der Waals surface area contributed by atoms with Crippen molar-refractivity contribution >= 4 is 5.91 Å². The molecular formula is C16H15F2NO3. The van der Waals surface area contributed by atoms with Crippen LogP contribution in [0.5, 0.6) is 11.5 Å². The Labute approximate surface area is 126 Å². The van der Waals surface area contributed by atoms with Gasteiger partial charge >= 0.3 is 0 Å². The largest absolute Gasteiger partial charge is 0.493 e. The van der Waals surface area contributed by atoms with Crippen molar-refractivity contribution in [2.75, 3.05) is 14.2 Å². The molecule has 22 heavy (non-hydrogen) atoms. The Hall–Kier alpha value is -2.63. The third kappa shape index (κ3) is 3.52. The molecule has 0 atom stereocenters. The lowest BCUT2D eigenvalue weighted by molar-refractivity contribution is 0.0950. The van der Waals surface area contributed by atoms with Crippen molar-refractivity contribution in [3.8, 4) is 11.5 Å². The molecule has 0 radical (unpaired) electrons. The van der Waals surface area contributed by atoms with Crippen molar-refractivity contribution < 1.29 is 23.0 Å². The number of benzene rings is 2. The highest BCUT2D eigenvalue weighted by Crippen LogP contribution is 2.27. The number of amides is 1. The molecule has 0 bridgehead atoms. The predicted octanol–water partition coefficient (Wildman–Crippen LogP) is 2.91. The van der Waals surface area contributed by atoms with Crippen LogP contribution in [0.25, 0.3) is 0 Å². The van der Waals surface area contributed by atoms with E-state index in [2.05, 4.69) is 5.32 Å². The van der Waals surface area contributed by atoms with Gasteiger partial charge in [-0.1, -0.05) is 0 Å². The van der Waals surface area contributed by atoms with Gasteiger partial charge in [0.25, 0.3) is 5.91 Å². The lowest BCUT2D eigenvalue weighted by Gasteiger charge is -2.10. The van der Waals surface area contributed by atoms with Crippen molar-refractivity contribution in [1.82, 2.24) is 5.32 Å². The third-order valence-corrected chi connectivity index (χ3v) is 3.09. The third-order valence-electron chi connectivity index (χ3n) is 3.09. The topological polar surface area (TPSA) is 47.6 Å². The van der Waals surface area contributed by atoms with Gasteiger partial charge < -0.3 is 14.8 Å². The minimum absolute atomic E-state index is 0.0776. The maximum atomic E-state index is 13.5. The number of halogens is 2. The van der Waals surface area contributed by atoms with Crippen LogP contribution in [0, 0.1) is 11.6 Å². The number of hydrogen-bond donors (Lipinski definition) is 1. The summed E-state index contributed by atoms with van der Waals surface area (Å²) in [6.45, 7) is -0.114. The Morgan fingerprint density at radius 3 is 2.45 bits per heavy atom. The molecule has 0 aromatic heterocycles. The first kappa shape index (κ1) is 15.8. The van der Waals surface area contributed by atoms with Gasteiger partial charge in [-0.15, -0.1) is 0 Å². The fraction of sp³-hybridized carbons (Fsp3) is 0.188. The summed E-state index contributed by atoms with van der Waals surface area (Å²) in [4.78, 5) is 12.1. The molecule has 0 saturated carbocycles. The van der Waals surface area contributed by atoms with Gasteiger partial charge in [-0.3, -0.25) is 4.79 Å². The van der Waals surface area contributed by atoms with E-state index in [9.17, 15) is 13.6 Å². The van der Waals surface area contributed by atoms with Crippen molar-refractivity contribution in [3.63, 3.8) is 0 Å². The molecule has 4 nitrogen and oxygen atoms in total. The van der Waals surface area contributed by atoms with Gasteiger partial charge in [-0.25, -0.2) is 8.78 Å². The molecule has 0 aliphatic rings. The standard InChI is InChI=1S/C16H15F2NO3/c1-21-14-6-3-10(8-15(14)22-2)16(20)19-9-11-7-12(17)4-5-13(11)18/h3-8H,9H2,1-2H3,(H,19,20). The van der Waals surface area contributed by atoms with Crippen molar-refractivity contribution in [1.29, 1.82) is 0 Å². The van der Waals surface area contributed by atoms with Crippen LogP contribution in [0.3, 0.4) is 0 Å². The zero-order valence-corrected chi connectivity index (χ0v) is 12.2. The van der Waals surface area contributed by atoms with E-state index < -0.39 is 17.5 Å². The SMILES string of the molecule is COc1ccc(C(=O)NCc2cc(F)ccc2F)cc1OC. The zero-order chi connectivity index (χ0) is 16.1. The molecule has 1 amide bonds. The summed E-state index contributed by atoms with van der Waals surface area (Å²) in [7, 11) is 2.95. The maximum absolute atomic E-state index is 13.5. The molecular weight excluding hydrogens is 292 g/mol. The second-order valence-corrected chi connectivity index (χ2v) is 4.49. The zero-order valence-electron chi connectivity index (χ0n) is 12.2. The Morgan fingerprint density at radius 2 is 1.77 bits per heavy atom. The number of nitrogens with one attached hydrogen (secondary N) is 1. The van der Waals surface area contributed by atoms with Gasteiger partial charge in [-0.2, -0.15) is 0 Å². The first-order valence-electron chi connectivity index (χ1n) is 6.49. The summed E-state index contributed by atoms with van der Waals surface area (Å²) in [6.07, 6.45) is 0. The van der Waals surface area contributed by atoms with Gasteiger partial charge in [0.1, 0.15) is 11.6 Å². The number of hydrogen-bond acceptors (Lipinski definition) is 3. The Bertz CT molecular complexity index is 689. The van der Waals surface area contributed by atoms with Crippen molar-refractivity contribution in [2.24, 2.45) is 0 Å². The van der Waals surface area contributed by atoms with E-state index in [-0.39, 0.29) is 12.1 Å². The minimum Gasteiger partial charge on any atom is -0.493 e. The van der Waals surface area contributed by atoms with Crippen LogP contribution < -0.4 is 14.8 Å². The maximum Gasteiger partial charge on any atom is 0.251 e. The summed E-state index contributed by atoms with van der Waals surface area (Å²) in [6, 6.07) is 7.75. The van der Waals surface area contributed by atoms with E-state index in [1.807, 2.05) is 0 Å². The highest BCUT2D eigenvalue weighted by molar-refractivity contribution is 5.94. The molecule has 2 aromatic rings. The van der Waals surface area contributed by atoms with Crippen LogP contribution in [0.1, 0.15) is 15.9 Å². The first-order chi connectivity index (χ1) is 10.5. The van der Waals surface area contributed by atoms with Crippen molar-refractivity contribution in [2.45, 2.75) is 6.54 Å². The fourth-order valence-electron chi connectivity index (χ4n) is 1.93. The smallest absolute Gasteiger partial charge is 0.251 e. The Balaban J connectivity index is 2.11. The lowest BCUT2D eigenvalue weighted by Crippen LogP contribution is -2.23. The molecule has 0 saturated heterocycles. The van der Waals surface area contributed by atoms with Crippen LogP contribution in [0.4, 0.5) is 8.78 Å². The number of rotatable bonds is 5. The van der Waals surface area contributed by atoms with Crippen LogP contribution in [-0.4, -0.2) is 20.1 Å². The molecule has 0 unspecified atom stereocenters. The molecule has 116 valence electrons. The van der Waals surface area contributed by atoms with Crippen LogP contribution >= 0.6 is 0 Å². The number of methoxy groups -OCH3 is 2. The monoisotopic (exact) mass is 307 g/mol. The van der Waals surface area contributed by atoms with Crippen LogP contribution in [0.15, 0.2) is 36.4 Å². The summed E-state index contributed by atoms with van der Waals surface area (Å²) >= 11 is 0. The summed E-state index contributed by atoms with van der Waals surface area (Å²) < 4.78 is 36.7. The second kappa shape index (κ2) is 6.89. The van der Waals surface area contributed by atoms with E-state index in [4.69, 9.17) is 9.47 Å². The predicted molar refractivity (Wildman–Crippen MR) is 77.1 cm³/mol. The average Bonchev–Trinajstić information content (AvgIpc) is 2.54. The van der Waals surface area contributed by atoms with Crippen LogP contribution in [0.2, 0.25) is 0 Å². The van der Waals surface area contributed by atoms with Gasteiger partial charge in [0.2, 0.25) is 0 Å². The number of carbonyl (C=O) groups is 1. The van der Waals surface area contributed by atoms with Gasteiger partial charge in [0.05, 0.1) is 14.2 Å². The summed E-state index contributed by atoms with van der Waals surface area (Å²) in [5, 5.41) is 2.53. The molecule has 1 N–H and O–H groups in total. The van der Waals surface area contributed by atoms with Gasteiger partial charge in [-0.05, 0) is 36.4 Å². The average molecular weight is 307 g/mol. The molecule has 0 heterocycles. The highest BCUT2D eigenvalue weighted by atomic mass is 19.1. The van der Waals surface area contributed by atoms with E-state index in [0.717, 1.165) is 18.2 Å². The Morgan fingerprint density at radius 1 is 1.05 bits per heavy atom. The lowest BCUT2D eigenvalue weighted by atomic mass is 10.1. The molecule has 2 rings (SSSR count). The minimum atomic E-state index is -0.575. The van der Waals surface area contributed by atoms with Gasteiger partial charge in [0, 0.05) is 17.7 Å². The normalized spacial score (nSPS) is 10.2. The summed E-state index contributed by atoms with van der Waals surface area (Å²) in [5.41, 5.74) is 0.406. The molecule has 0 spiro atoms. The molecule has 6 heteroatoms. The quantitative estimate of drug-likeness (QED) is 0.924.